The molecule has 0 spiro atoms. The number of halogens is 1. The summed E-state index contributed by atoms with van der Waals surface area (Å²) >= 11 is 1.34. The number of anilines is 1. The zero-order valence-corrected chi connectivity index (χ0v) is 18.1. The predicted molar refractivity (Wildman–Crippen MR) is 119 cm³/mol. The monoisotopic (exact) mass is 436 g/mol. The third-order valence-electron chi connectivity index (χ3n) is 5.47. The van der Waals surface area contributed by atoms with Crippen molar-refractivity contribution in [3.8, 4) is 10.6 Å². The molecule has 4 aromatic rings. The van der Waals surface area contributed by atoms with Gasteiger partial charge in [0.2, 0.25) is 0 Å². The highest BCUT2D eigenvalue weighted by atomic mass is 32.1. The highest BCUT2D eigenvalue weighted by molar-refractivity contribution is 7.19. The molecule has 0 atom stereocenters. The van der Waals surface area contributed by atoms with Crippen LogP contribution < -0.4 is 5.32 Å². The Morgan fingerprint density at radius 1 is 1.23 bits per heavy atom. The molecule has 0 aliphatic carbocycles. The lowest BCUT2D eigenvalue weighted by molar-refractivity contribution is 0.155. The molecule has 2 aromatic heterocycles. The molecule has 1 aliphatic rings. The molecule has 0 saturated heterocycles. The van der Waals surface area contributed by atoms with Crippen LogP contribution >= 0.6 is 11.3 Å². The molecular formula is C23H21FN4O2S. The Balaban J connectivity index is 1.26. The molecule has 158 valence electrons. The second-order valence-electron chi connectivity index (χ2n) is 7.70. The first kappa shape index (κ1) is 19.7. The van der Waals surface area contributed by atoms with Crippen molar-refractivity contribution in [2.45, 2.75) is 39.8 Å². The first-order valence-corrected chi connectivity index (χ1v) is 11.0. The van der Waals surface area contributed by atoms with E-state index in [1.807, 2.05) is 32.0 Å². The number of nitrogens with zero attached hydrogens (tertiary/aromatic N) is 3. The number of thiazole rings is 1. The van der Waals surface area contributed by atoms with Crippen molar-refractivity contribution < 1.29 is 13.9 Å². The number of aromatic nitrogens is 3. The molecule has 0 saturated carbocycles. The summed E-state index contributed by atoms with van der Waals surface area (Å²) in [4.78, 5) is 21.5. The number of hydrogen-bond acceptors (Lipinski definition) is 5. The van der Waals surface area contributed by atoms with Gasteiger partial charge in [0.1, 0.15) is 28.3 Å². The van der Waals surface area contributed by atoms with Gasteiger partial charge in [0, 0.05) is 18.5 Å². The average Bonchev–Trinajstić information content (AvgIpc) is 3.41. The van der Waals surface area contributed by atoms with E-state index >= 15 is 0 Å². The van der Waals surface area contributed by atoms with E-state index in [0.29, 0.717) is 10.7 Å². The highest BCUT2D eigenvalue weighted by Crippen LogP contribution is 2.34. The number of fused-ring (bicyclic) bond motifs is 3. The molecule has 6 nitrogen and oxygen atoms in total. The van der Waals surface area contributed by atoms with Gasteiger partial charge >= 0.3 is 6.09 Å². The Morgan fingerprint density at radius 3 is 2.94 bits per heavy atom. The van der Waals surface area contributed by atoms with Gasteiger partial charge in [-0.3, -0.25) is 5.32 Å². The van der Waals surface area contributed by atoms with E-state index in [0.717, 1.165) is 57.9 Å². The lowest BCUT2D eigenvalue weighted by Gasteiger charge is -2.06. The van der Waals surface area contributed by atoms with E-state index in [2.05, 4.69) is 19.9 Å². The van der Waals surface area contributed by atoms with E-state index in [1.165, 1.54) is 23.5 Å². The molecule has 0 fully saturated rings. The van der Waals surface area contributed by atoms with Gasteiger partial charge in [0.15, 0.2) is 0 Å². The molecule has 3 heterocycles. The number of carbonyl (C=O) groups is 1. The van der Waals surface area contributed by atoms with Crippen LogP contribution in [0.5, 0.6) is 0 Å². The third-order valence-corrected chi connectivity index (χ3v) is 6.58. The molecular weight excluding hydrogens is 415 g/mol. The maximum atomic E-state index is 13.4. The van der Waals surface area contributed by atoms with Crippen LogP contribution in [-0.4, -0.2) is 20.6 Å². The molecule has 1 N–H and O–H groups in total. The Kier molecular flexibility index (Phi) is 4.94. The second kappa shape index (κ2) is 7.77. The summed E-state index contributed by atoms with van der Waals surface area (Å²) in [6.07, 6.45) is 1.61. The molecule has 31 heavy (non-hydrogen) atoms. The molecule has 0 unspecified atom stereocenters. The van der Waals surface area contributed by atoms with Crippen LogP contribution in [0.3, 0.4) is 0 Å². The van der Waals surface area contributed by atoms with E-state index < -0.39 is 6.09 Å². The number of amides is 1. The van der Waals surface area contributed by atoms with Gasteiger partial charge in [-0.1, -0.05) is 17.4 Å². The van der Waals surface area contributed by atoms with E-state index in [4.69, 9.17) is 4.74 Å². The largest absolute Gasteiger partial charge is 0.444 e. The second-order valence-corrected chi connectivity index (χ2v) is 8.70. The predicted octanol–water partition coefficient (Wildman–Crippen LogP) is 5.61. The maximum absolute atomic E-state index is 13.4. The van der Waals surface area contributed by atoms with Gasteiger partial charge in [0.25, 0.3) is 0 Å². The Morgan fingerprint density at radius 2 is 2.10 bits per heavy atom. The van der Waals surface area contributed by atoms with Crippen molar-refractivity contribution in [2.75, 3.05) is 5.32 Å². The van der Waals surface area contributed by atoms with Crippen LogP contribution in [0.25, 0.3) is 21.6 Å². The Hall–Kier alpha value is -3.26. The summed E-state index contributed by atoms with van der Waals surface area (Å²) in [6, 6.07) is 10.6. The number of carbonyl (C=O) groups excluding carboxylic acids is 1. The quantitative estimate of drug-likeness (QED) is 0.451. The fourth-order valence-electron chi connectivity index (χ4n) is 3.92. The van der Waals surface area contributed by atoms with Gasteiger partial charge < -0.3 is 9.30 Å². The minimum absolute atomic E-state index is 0.158. The maximum Gasteiger partial charge on any atom is 0.412 e. The van der Waals surface area contributed by atoms with Crippen molar-refractivity contribution >= 4 is 33.5 Å². The summed E-state index contributed by atoms with van der Waals surface area (Å²) in [6.45, 7) is 4.83. The van der Waals surface area contributed by atoms with E-state index in [9.17, 15) is 9.18 Å². The fraction of sp³-hybridized carbons (Fsp3) is 0.261. The Labute approximate surface area is 182 Å². The summed E-state index contributed by atoms with van der Waals surface area (Å²) in [5, 5.41) is 4.11. The van der Waals surface area contributed by atoms with Crippen LogP contribution in [0.1, 0.15) is 29.1 Å². The van der Waals surface area contributed by atoms with Crippen molar-refractivity contribution in [3.63, 3.8) is 0 Å². The van der Waals surface area contributed by atoms with Gasteiger partial charge in [0.05, 0.1) is 16.7 Å². The first-order valence-electron chi connectivity index (χ1n) is 10.1. The standard InChI is InChI=1S/C23H21FN4O2S/c1-13-10-16(24)6-7-17(13)22-25-14(2)21(31-22)27-23(29)30-12-15-5-8-19-18(11-15)26-20-4-3-9-28(19)20/h5-8,10-11H,3-4,9,12H2,1-2H3,(H,27,29). The average molecular weight is 437 g/mol. The fourth-order valence-corrected chi connectivity index (χ4v) is 4.97. The van der Waals surface area contributed by atoms with Gasteiger partial charge in [-0.15, -0.1) is 0 Å². The number of rotatable bonds is 4. The van der Waals surface area contributed by atoms with E-state index in [-0.39, 0.29) is 12.4 Å². The zero-order chi connectivity index (χ0) is 21.5. The minimum Gasteiger partial charge on any atom is -0.444 e. The van der Waals surface area contributed by atoms with Crippen molar-refractivity contribution in [1.29, 1.82) is 0 Å². The first-order chi connectivity index (χ1) is 15.0. The number of imidazole rings is 1. The third kappa shape index (κ3) is 3.79. The lowest BCUT2D eigenvalue weighted by atomic mass is 10.1. The van der Waals surface area contributed by atoms with Crippen LogP contribution in [0, 0.1) is 19.7 Å². The van der Waals surface area contributed by atoms with Gasteiger partial charge in [-0.2, -0.15) is 0 Å². The summed E-state index contributed by atoms with van der Waals surface area (Å²) in [7, 11) is 0. The summed E-state index contributed by atoms with van der Waals surface area (Å²) < 4.78 is 21.0. The summed E-state index contributed by atoms with van der Waals surface area (Å²) in [5.74, 6) is 0.841. The van der Waals surface area contributed by atoms with Crippen molar-refractivity contribution in [1.82, 2.24) is 14.5 Å². The smallest absolute Gasteiger partial charge is 0.412 e. The zero-order valence-electron chi connectivity index (χ0n) is 17.2. The molecule has 0 radical (unpaired) electrons. The number of nitrogens with one attached hydrogen (secondary N) is 1. The number of ether oxygens (including phenoxy) is 1. The SMILES string of the molecule is Cc1cc(F)ccc1-c1nc(C)c(NC(=O)OCc2ccc3c(c2)nc2n3CCC2)s1. The molecule has 5 rings (SSSR count). The molecule has 2 aromatic carbocycles. The highest BCUT2D eigenvalue weighted by Gasteiger charge is 2.17. The topological polar surface area (TPSA) is 69.0 Å². The van der Waals surface area contributed by atoms with E-state index in [1.54, 1.807) is 6.07 Å². The van der Waals surface area contributed by atoms with Crippen LogP contribution in [0.15, 0.2) is 36.4 Å². The lowest BCUT2D eigenvalue weighted by Crippen LogP contribution is -2.13. The normalized spacial score (nSPS) is 12.9. The van der Waals surface area contributed by atoms with Crippen LogP contribution in [-0.2, 0) is 24.3 Å². The number of aryl methyl sites for hydroxylation is 4. The van der Waals surface area contributed by atoms with Crippen molar-refractivity contribution in [2.24, 2.45) is 0 Å². The molecule has 1 aliphatic heterocycles. The van der Waals surface area contributed by atoms with Crippen LogP contribution in [0.2, 0.25) is 0 Å². The molecule has 0 bridgehead atoms. The molecule has 1 amide bonds. The number of hydrogen-bond donors (Lipinski definition) is 1. The van der Waals surface area contributed by atoms with Crippen molar-refractivity contribution in [3.05, 3.63) is 64.9 Å². The minimum atomic E-state index is -0.540. The number of benzene rings is 2. The summed E-state index contributed by atoms with van der Waals surface area (Å²) in [5.41, 5.74) is 5.29. The van der Waals surface area contributed by atoms with Gasteiger partial charge in [-0.05, 0) is 61.7 Å². The molecule has 8 heteroatoms. The van der Waals surface area contributed by atoms with Crippen LogP contribution in [0.4, 0.5) is 14.2 Å². The van der Waals surface area contributed by atoms with Gasteiger partial charge in [-0.25, -0.2) is 19.2 Å². The Bertz CT molecular complexity index is 1310.